The van der Waals surface area contributed by atoms with Gasteiger partial charge < -0.3 is 4.90 Å². The molecular weight excluding hydrogens is 279 g/mol. The lowest BCUT2D eigenvalue weighted by Gasteiger charge is -2.31. The highest BCUT2D eigenvalue weighted by molar-refractivity contribution is 5.77. The fourth-order valence-corrected chi connectivity index (χ4v) is 3.00. The minimum absolute atomic E-state index is 0.0559. The first-order valence-corrected chi connectivity index (χ1v) is 7.32. The van der Waals surface area contributed by atoms with Crippen LogP contribution >= 0.6 is 0 Å². The van der Waals surface area contributed by atoms with Gasteiger partial charge in [-0.3, -0.25) is 4.79 Å². The highest BCUT2D eigenvalue weighted by atomic mass is 19.4. The smallest absolute Gasteiger partial charge is 0.371 e. The van der Waals surface area contributed by atoms with Crippen LogP contribution in [0.15, 0.2) is 18.2 Å². The Labute approximate surface area is 122 Å². The van der Waals surface area contributed by atoms with Crippen LogP contribution in [-0.4, -0.2) is 19.4 Å². The van der Waals surface area contributed by atoms with Crippen LogP contribution < -0.4 is 4.90 Å². The molecule has 0 N–H and O–H groups in total. The number of aldehydes is 1. The number of benzene rings is 1. The van der Waals surface area contributed by atoms with Gasteiger partial charge in [0.1, 0.15) is 6.29 Å². The van der Waals surface area contributed by atoms with E-state index in [1.54, 1.807) is 11.9 Å². The van der Waals surface area contributed by atoms with Crippen LogP contribution in [0.5, 0.6) is 0 Å². The SMILES string of the molecule is CN(c1ccc(C=O)cc1C(F)(F)F)C1CCCCCC1. The number of carbonyl (C=O) groups is 1. The zero-order chi connectivity index (χ0) is 15.5. The lowest BCUT2D eigenvalue weighted by Crippen LogP contribution is -2.32. The lowest BCUT2D eigenvalue weighted by atomic mass is 10.0. The average molecular weight is 299 g/mol. The van der Waals surface area contributed by atoms with Crippen LogP contribution in [0.3, 0.4) is 0 Å². The molecule has 1 aromatic rings. The van der Waals surface area contributed by atoms with Gasteiger partial charge in [0.2, 0.25) is 0 Å². The summed E-state index contributed by atoms with van der Waals surface area (Å²) in [6.07, 6.45) is 2.26. The number of hydrogen-bond donors (Lipinski definition) is 0. The van der Waals surface area contributed by atoms with E-state index < -0.39 is 11.7 Å². The number of nitrogens with zero attached hydrogens (tertiary/aromatic N) is 1. The van der Waals surface area contributed by atoms with Crippen LogP contribution in [-0.2, 0) is 6.18 Å². The summed E-state index contributed by atoms with van der Waals surface area (Å²) >= 11 is 0. The number of hydrogen-bond acceptors (Lipinski definition) is 2. The largest absolute Gasteiger partial charge is 0.418 e. The van der Waals surface area contributed by atoms with Gasteiger partial charge in [-0.15, -0.1) is 0 Å². The number of anilines is 1. The number of carbonyl (C=O) groups excluding carboxylic acids is 1. The topological polar surface area (TPSA) is 20.3 Å². The Balaban J connectivity index is 2.34. The second-order valence-electron chi connectivity index (χ2n) is 5.65. The van der Waals surface area contributed by atoms with E-state index in [9.17, 15) is 18.0 Å². The molecule has 0 atom stereocenters. The summed E-state index contributed by atoms with van der Waals surface area (Å²) in [7, 11) is 1.72. The molecule has 0 saturated heterocycles. The molecule has 1 aromatic carbocycles. The third kappa shape index (κ3) is 3.77. The summed E-state index contributed by atoms with van der Waals surface area (Å²) in [6.45, 7) is 0. The molecule has 2 nitrogen and oxygen atoms in total. The minimum atomic E-state index is -4.45. The van der Waals surface area contributed by atoms with Crippen molar-refractivity contribution in [3.05, 3.63) is 29.3 Å². The van der Waals surface area contributed by atoms with E-state index >= 15 is 0 Å². The van der Waals surface area contributed by atoms with E-state index in [0.717, 1.165) is 44.6 Å². The zero-order valence-electron chi connectivity index (χ0n) is 12.1. The highest BCUT2D eigenvalue weighted by Gasteiger charge is 2.35. The lowest BCUT2D eigenvalue weighted by molar-refractivity contribution is -0.137. The first-order chi connectivity index (χ1) is 9.93. The predicted molar refractivity (Wildman–Crippen MR) is 76.7 cm³/mol. The normalized spacial score (nSPS) is 17.3. The second-order valence-corrected chi connectivity index (χ2v) is 5.65. The highest BCUT2D eigenvalue weighted by Crippen LogP contribution is 2.38. The molecule has 2 rings (SSSR count). The fourth-order valence-electron chi connectivity index (χ4n) is 3.00. The molecule has 0 amide bonds. The van der Waals surface area contributed by atoms with Crippen molar-refractivity contribution >= 4 is 12.0 Å². The van der Waals surface area contributed by atoms with Gasteiger partial charge in [-0.25, -0.2) is 0 Å². The molecule has 0 radical (unpaired) electrons. The molecule has 0 spiro atoms. The van der Waals surface area contributed by atoms with Gasteiger partial charge in [-0.2, -0.15) is 13.2 Å². The summed E-state index contributed by atoms with van der Waals surface area (Å²) in [4.78, 5) is 12.5. The Hall–Kier alpha value is -1.52. The van der Waals surface area contributed by atoms with Crippen LogP contribution in [0.25, 0.3) is 0 Å². The first kappa shape index (κ1) is 15.9. The molecular formula is C16H20F3NO. The Morgan fingerprint density at radius 3 is 2.29 bits per heavy atom. The van der Waals surface area contributed by atoms with Crippen LogP contribution in [0.4, 0.5) is 18.9 Å². The van der Waals surface area contributed by atoms with E-state index in [-0.39, 0.29) is 17.3 Å². The molecule has 116 valence electrons. The third-order valence-electron chi connectivity index (χ3n) is 4.21. The monoisotopic (exact) mass is 299 g/mol. The summed E-state index contributed by atoms with van der Waals surface area (Å²) in [5.41, 5.74) is -0.501. The number of halogens is 3. The first-order valence-electron chi connectivity index (χ1n) is 7.32. The van der Waals surface area contributed by atoms with Gasteiger partial charge >= 0.3 is 6.18 Å². The molecule has 0 heterocycles. The average Bonchev–Trinajstić information content (AvgIpc) is 2.74. The third-order valence-corrected chi connectivity index (χ3v) is 4.21. The Kier molecular flexibility index (Phi) is 4.91. The van der Waals surface area contributed by atoms with Gasteiger partial charge in [-0.1, -0.05) is 25.7 Å². The molecule has 0 bridgehead atoms. The maximum absolute atomic E-state index is 13.2. The van der Waals surface area contributed by atoms with Crippen molar-refractivity contribution < 1.29 is 18.0 Å². The predicted octanol–water partition coefficient (Wildman–Crippen LogP) is 4.68. The molecule has 0 aliphatic heterocycles. The molecule has 0 unspecified atom stereocenters. The number of alkyl halides is 3. The summed E-state index contributed by atoms with van der Waals surface area (Å²) < 4.78 is 39.7. The molecule has 1 fully saturated rings. The van der Waals surface area contributed by atoms with Gasteiger partial charge in [0.25, 0.3) is 0 Å². The second kappa shape index (κ2) is 6.50. The van der Waals surface area contributed by atoms with Crippen LogP contribution in [0.1, 0.15) is 54.4 Å². The summed E-state index contributed by atoms with van der Waals surface area (Å²) in [6, 6.07) is 3.94. The van der Waals surface area contributed by atoms with E-state index in [0.29, 0.717) is 6.29 Å². The molecule has 21 heavy (non-hydrogen) atoms. The Bertz CT molecular complexity index is 491. The zero-order valence-corrected chi connectivity index (χ0v) is 12.1. The molecule has 1 aliphatic carbocycles. The number of rotatable bonds is 3. The maximum atomic E-state index is 13.2. The minimum Gasteiger partial charge on any atom is -0.371 e. The molecule has 0 aromatic heterocycles. The Morgan fingerprint density at radius 2 is 1.76 bits per heavy atom. The van der Waals surface area contributed by atoms with Crippen molar-refractivity contribution in [1.29, 1.82) is 0 Å². The quantitative estimate of drug-likeness (QED) is 0.597. The van der Waals surface area contributed by atoms with E-state index in [4.69, 9.17) is 0 Å². The van der Waals surface area contributed by atoms with Gasteiger partial charge in [0, 0.05) is 24.3 Å². The van der Waals surface area contributed by atoms with Crippen molar-refractivity contribution in [3.8, 4) is 0 Å². The van der Waals surface area contributed by atoms with Crippen molar-refractivity contribution in [2.75, 3.05) is 11.9 Å². The fraction of sp³-hybridized carbons (Fsp3) is 0.562. The van der Waals surface area contributed by atoms with Crippen molar-refractivity contribution in [2.45, 2.75) is 50.7 Å². The van der Waals surface area contributed by atoms with Gasteiger partial charge in [0.05, 0.1) is 5.56 Å². The van der Waals surface area contributed by atoms with Crippen molar-refractivity contribution in [1.82, 2.24) is 0 Å². The molecule has 5 heteroatoms. The van der Waals surface area contributed by atoms with E-state index in [1.165, 1.54) is 12.1 Å². The molecule has 1 saturated carbocycles. The summed E-state index contributed by atoms with van der Waals surface area (Å²) in [5, 5.41) is 0. The standard InChI is InChI=1S/C16H20F3NO/c1-20(13-6-4-2-3-5-7-13)15-9-8-12(11-21)10-14(15)16(17,18)19/h8-11,13H,2-7H2,1H3. The van der Waals surface area contributed by atoms with Crippen molar-refractivity contribution in [3.63, 3.8) is 0 Å². The van der Waals surface area contributed by atoms with Crippen LogP contribution in [0.2, 0.25) is 0 Å². The van der Waals surface area contributed by atoms with Crippen LogP contribution in [0, 0.1) is 0 Å². The van der Waals surface area contributed by atoms with E-state index in [2.05, 4.69) is 0 Å². The van der Waals surface area contributed by atoms with E-state index in [1.807, 2.05) is 0 Å². The van der Waals surface area contributed by atoms with Crippen molar-refractivity contribution in [2.24, 2.45) is 0 Å². The summed E-state index contributed by atoms with van der Waals surface area (Å²) in [5.74, 6) is 0. The molecule has 1 aliphatic rings. The Morgan fingerprint density at radius 1 is 1.14 bits per heavy atom. The maximum Gasteiger partial charge on any atom is 0.418 e. The van der Waals surface area contributed by atoms with Gasteiger partial charge in [-0.05, 0) is 31.0 Å². The van der Waals surface area contributed by atoms with Gasteiger partial charge in [0.15, 0.2) is 0 Å².